The van der Waals surface area contributed by atoms with E-state index in [1.54, 1.807) is 23.1 Å². The first-order valence-electron chi connectivity index (χ1n) is 10.1. The third-order valence-electron chi connectivity index (χ3n) is 5.62. The molecule has 5 nitrogen and oxygen atoms in total. The van der Waals surface area contributed by atoms with Crippen LogP contribution in [0.2, 0.25) is 0 Å². The van der Waals surface area contributed by atoms with E-state index in [-0.39, 0.29) is 11.7 Å². The van der Waals surface area contributed by atoms with E-state index in [0.717, 1.165) is 45.1 Å². The van der Waals surface area contributed by atoms with Crippen LogP contribution in [-0.4, -0.2) is 24.3 Å². The number of hydrogen-bond donors (Lipinski definition) is 0. The maximum Gasteiger partial charge on any atom is 0.271 e. The number of fused-ring (bicyclic) bond motifs is 1. The zero-order chi connectivity index (χ0) is 20.7. The molecule has 0 radical (unpaired) electrons. The highest BCUT2D eigenvalue weighted by atomic mass is 32.2. The summed E-state index contributed by atoms with van der Waals surface area (Å²) in [6.45, 7) is 1.39. The molecular formula is C23H24N3O2S2+. The van der Waals surface area contributed by atoms with Gasteiger partial charge in [0.15, 0.2) is 6.20 Å². The normalized spacial score (nSPS) is 20.8. The molecule has 1 unspecified atom stereocenters. The number of nitrogens with zero attached hydrogens (tertiary/aromatic N) is 3. The van der Waals surface area contributed by atoms with Crippen LogP contribution in [0.15, 0.2) is 58.4 Å². The fourth-order valence-corrected chi connectivity index (χ4v) is 6.36. The number of benzene rings is 1. The van der Waals surface area contributed by atoms with Gasteiger partial charge >= 0.3 is 0 Å². The van der Waals surface area contributed by atoms with Crippen LogP contribution in [0.25, 0.3) is 11.1 Å². The SMILES string of the molecule is CN1/C(=c2/s/c(=C/c3cccc[n+]3C)n(CC3CCCO3)c2=O)Sc2ccccc21. The van der Waals surface area contributed by atoms with Crippen LogP contribution in [0.3, 0.4) is 0 Å². The van der Waals surface area contributed by atoms with Crippen molar-refractivity contribution in [2.45, 2.75) is 30.4 Å². The number of hydrogen-bond acceptors (Lipinski definition) is 5. The van der Waals surface area contributed by atoms with Crippen molar-refractivity contribution in [1.82, 2.24) is 4.57 Å². The van der Waals surface area contributed by atoms with Crippen LogP contribution < -0.4 is 24.2 Å². The zero-order valence-corrected chi connectivity index (χ0v) is 18.7. The van der Waals surface area contributed by atoms with E-state index in [1.807, 2.05) is 49.1 Å². The van der Waals surface area contributed by atoms with Crippen molar-refractivity contribution in [2.24, 2.45) is 7.05 Å². The molecule has 0 bridgehead atoms. The van der Waals surface area contributed by atoms with Crippen LogP contribution in [0.5, 0.6) is 0 Å². The van der Waals surface area contributed by atoms with Gasteiger partial charge in [0.05, 0.1) is 18.3 Å². The largest absolute Gasteiger partial charge is 0.376 e. The van der Waals surface area contributed by atoms with E-state index >= 15 is 0 Å². The van der Waals surface area contributed by atoms with Crippen LogP contribution in [0.1, 0.15) is 18.5 Å². The van der Waals surface area contributed by atoms with E-state index in [1.165, 1.54) is 4.90 Å². The monoisotopic (exact) mass is 438 g/mol. The van der Waals surface area contributed by atoms with Crippen LogP contribution in [0.4, 0.5) is 5.69 Å². The van der Waals surface area contributed by atoms with E-state index in [2.05, 4.69) is 33.7 Å². The Labute approximate surface area is 183 Å². The summed E-state index contributed by atoms with van der Waals surface area (Å²) in [4.78, 5) is 16.9. The van der Waals surface area contributed by atoms with Gasteiger partial charge in [-0.05, 0) is 31.0 Å². The second-order valence-electron chi connectivity index (χ2n) is 7.63. The van der Waals surface area contributed by atoms with Crippen LogP contribution >= 0.6 is 23.1 Å². The van der Waals surface area contributed by atoms with E-state index in [4.69, 9.17) is 4.74 Å². The van der Waals surface area contributed by atoms with Gasteiger partial charge in [-0.1, -0.05) is 23.9 Å². The summed E-state index contributed by atoms with van der Waals surface area (Å²) in [7, 11) is 4.06. The Kier molecular flexibility index (Phi) is 5.26. The lowest BCUT2D eigenvalue weighted by Gasteiger charge is -2.12. The van der Waals surface area contributed by atoms with Gasteiger partial charge in [-0.3, -0.25) is 9.36 Å². The molecule has 154 valence electrons. The summed E-state index contributed by atoms with van der Waals surface area (Å²) in [5.41, 5.74) is 2.28. The van der Waals surface area contributed by atoms with Crippen molar-refractivity contribution in [1.29, 1.82) is 0 Å². The molecule has 1 aromatic carbocycles. The molecule has 0 N–H and O–H groups in total. The number of ether oxygens (including phenoxy) is 1. The van der Waals surface area contributed by atoms with Gasteiger partial charge < -0.3 is 9.64 Å². The number of anilines is 1. The average molecular weight is 439 g/mol. The smallest absolute Gasteiger partial charge is 0.271 e. The number of thiazole rings is 1. The minimum Gasteiger partial charge on any atom is -0.376 e. The van der Waals surface area contributed by atoms with Gasteiger partial charge in [0.1, 0.15) is 21.3 Å². The Balaban J connectivity index is 1.70. The lowest BCUT2D eigenvalue weighted by Crippen LogP contribution is -2.37. The molecule has 7 heteroatoms. The number of aromatic nitrogens is 2. The molecule has 0 saturated carbocycles. The van der Waals surface area contributed by atoms with Crippen molar-refractivity contribution >= 4 is 39.9 Å². The molecule has 0 aliphatic carbocycles. The summed E-state index contributed by atoms with van der Waals surface area (Å²) >= 11 is 3.25. The Morgan fingerprint density at radius 2 is 2.07 bits per heavy atom. The molecule has 0 amide bonds. The van der Waals surface area contributed by atoms with Crippen molar-refractivity contribution in [2.75, 3.05) is 18.6 Å². The molecule has 30 heavy (non-hydrogen) atoms. The third kappa shape index (κ3) is 3.51. The number of para-hydroxylation sites is 1. The molecule has 0 spiro atoms. The number of rotatable bonds is 3. The summed E-state index contributed by atoms with van der Waals surface area (Å²) in [6, 6.07) is 14.4. The van der Waals surface area contributed by atoms with E-state index < -0.39 is 0 Å². The molecule has 1 fully saturated rings. The summed E-state index contributed by atoms with van der Waals surface area (Å²) in [5, 5.41) is 1.00. The van der Waals surface area contributed by atoms with Gasteiger partial charge in [0.2, 0.25) is 5.69 Å². The molecule has 2 aliphatic rings. The molecule has 2 aliphatic heterocycles. The fraction of sp³-hybridized carbons (Fsp3) is 0.304. The van der Waals surface area contributed by atoms with Crippen molar-refractivity contribution in [3.8, 4) is 0 Å². The van der Waals surface area contributed by atoms with Crippen molar-refractivity contribution in [3.63, 3.8) is 0 Å². The molecular weight excluding hydrogens is 414 g/mol. The predicted octanol–water partition coefficient (Wildman–Crippen LogP) is 2.05. The molecule has 1 saturated heterocycles. The summed E-state index contributed by atoms with van der Waals surface area (Å²) in [5.74, 6) is 0. The number of thioether (sulfide) groups is 1. The quantitative estimate of drug-likeness (QED) is 0.587. The Morgan fingerprint density at radius 3 is 2.83 bits per heavy atom. The first-order valence-corrected chi connectivity index (χ1v) is 11.8. The van der Waals surface area contributed by atoms with Gasteiger partial charge in [-0.25, -0.2) is 4.57 Å². The van der Waals surface area contributed by atoms with Gasteiger partial charge in [0, 0.05) is 36.8 Å². The molecule has 3 aromatic rings. The van der Waals surface area contributed by atoms with Crippen molar-refractivity contribution in [3.05, 3.63) is 73.9 Å². The van der Waals surface area contributed by atoms with Gasteiger partial charge in [0.25, 0.3) is 5.56 Å². The van der Waals surface area contributed by atoms with Crippen LogP contribution in [0, 0.1) is 0 Å². The van der Waals surface area contributed by atoms with Gasteiger partial charge in [-0.15, -0.1) is 11.3 Å². The van der Waals surface area contributed by atoms with E-state index in [9.17, 15) is 4.79 Å². The number of pyridine rings is 1. The number of aryl methyl sites for hydroxylation is 1. The van der Waals surface area contributed by atoms with Crippen molar-refractivity contribution < 1.29 is 9.30 Å². The zero-order valence-electron chi connectivity index (χ0n) is 17.1. The highest BCUT2D eigenvalue weighted by Crippen LogP contribution is 2.44. The fourth-order valence-electron chi connectivity index (χ4n) is 3.95. The topological polar surface area (TPSA) is 38.4 Å². The average Bonchev–Trinajstić information content (AvgIpc) is 3.45. The molecule has 2 aromatic heterocycles. The summed E-state index contributed by atoms with van der Waals surface area (Å²) in [6.07, 6.45) is 6.31. The Hall–Kier alpha value is -2.35. The minimum atomic E-state index is 0.0718. The first-order chi connectivity index (χ1) is 14.6. The Morgan fingerprint density at radius 1 is 1.23 bits per heavy atom. The second kappa shape index (κ2) is 8.06. The highest BCUT2D eigenvalue weighted by Gasteiger charge is 2.25. The Bertz CT molecular complexity index is 1270. The van der Waals surface area contributed by atoms with E-state index in [0.29, 0.717) is 6.54 Å². The first kappa shape index (κ1) is 19.6. The second-order valence-corrected chi connectivity index (χ2v) is 9.70. The molecule has 5 rings (SSSR count). The minimum absolute atomic E-state index is 0.0718. The lowest BCUT2D eigenvalue weighted by atomic mass is 10.2. The molecule has 1 atom stereocenters. The standard InChI is InChI=1S/C23H24N3O2S2/c1-24-12-6-5-8-16(24)14-20-26(15-17-9-7-13-28-17)22(27)21(30-20)23-25(2)18-10-3-4-11-19(18)29-23/h3-6,8,10-12,14,17H,7,9,13,15H2,1-2H3/q+1/b23-21-. The maximum absolute atomic E-state index is 13.6. The third-order valence-corrected chi connectivity index (χ3v) is 8.11. The summed E-state index contributed by atoms with van der Waals surface area (Å²) < 4.78 is 11.6. The van der Waals surface area contributed by atoms with Crippen LogP contribution in [-0.2, 0) is 18.3 Å². The predicted molar refractivity (Wildman–Crippen MR) is 122 cm³/mol. The maximum atomic E-state index is 13.6. The van der Waals surface area contributed by atoms with Gasteiger partial charge in [-0.2, -0.15) is 0 Å². The molecule has 4 heterocycles. The lowest BCUT2D eigenvalue weighted by molar-refractivity contribution is -0.673. The highest BCUT2D eigenvalue weighted by molar-refractivity contribution is 8.08.